The number of aryl methyl sites for hydroxylation is 1. The summed E-state index contributed by atoms with van der Waals surface area (Å²) in [5, 5.41) is 4.39. The van der Waals surface area contributed by atoms with E-state index in [1.807, 2.05) is 62.0 Å². The van der Waals surface area contributed by atoms with Gasteiger partial charge in [-0.3, -0.25) is 9.48 Å². The maximum absolute atomic E-state index is 13.2. The monoisotopic (exact) mass is 468 g/mol. The highest BCUT2D eigenvalue weighted by Gasteiger charge is 2.28. The minimum Gasteiger partial charge on any atom is -0.340 e. The summed E-state index contributed by atoms with van der Waals surface area (Å²) in [6.07, 6.45) is 4.05. The molecule has 0 saturated heterocycles. The van der Waals surface area contributed by atoms with Gasteiger partial charge in [0, 0.05) is 25.4 Å². The predicted octanol–water partition coefficient (Wildman–Crippen LogP) is 3.59. The molecule has 3 rings (SSSR count). The third-order valence-electron chi connectivity index (χ3n) is 5.30. The van der Waals surface area contributed by atoms with Crippen LogP contribution in [0.2, 0.25) is 0 Å². The molecular formula is C25H32N4O3S. The maximum Gasteiger partial charge on any atom is 0.241 e. The van der Waals surface area contributed by atoms with Gasteiger partial charge in [-0.25, -0.2) is 8.42 Å². The summed E-state index contributed by atoms with van der Waals surface area (Å²) in [6.45, 7) is 6.81. The third-order valence-corrected chi connectivity index (χ3v) is 6.79. The summed E-state index contributed by atoms with van der Waals surface area (Å²) in [5.74, 6) is -0.128. The van der Waals surface area contributed by atoms with Gasteiger partial charge in [0.15, 0.2) is 0 Å². The van der Waals surface area contributed by atoms with E-state index in [1.54, 1.807) is 42.4 Å². The van der Waals surface area contributed by atoms with E-state index in [1.165, 1.54) is 0 Å². The molecule has 0 aliphatic carbocycles. The van der Waals surface area contributed by atoms with Crippen molar-refractivity contribution in [3.05, 3.63) is 83.7 Å². The Morgan fingerprint density at radius 3 is 2.36 bits per heavy atom. The van der Waals surface area contributed by atoms with Crippen molar-refractivity contribution in [3.8, 4) is 0 Å². The summed E-state index contributed by atoms with van der Waals surface area (Å²) in [5.41, 5.74) is 2.99. The second kappa shape index (κ2) is 10.8. The fourth-order valence-electron chi connectivity index (χ4n) is 3.61. The van der Waals surface area contributed by atoms with Gasteiger partial charge < -0.3 is 4.90 Å². The van der Waals surface area contributed by atoms with Crippen LogP contribution in [0.1, 0.15) is 37.0 Å². The number of likely N-dealkylation sites (N-methyl/N-ethyl adjacent to an activating group) is 1. The van der Waals surface area contributed by atoms with E-state index in [0.29, 0.717) is 19.5 Å². The molecule has 0 aliphatic heterocycles. The molecule has 0 aliphatic rings. The number of hydrogen-bond acceptors (Lipinski definition) is 4. The Balaban J connectivity index is 1.69. The largest absolute Gasteiger partial charge is 0.340 e. The van der Waals surface area contributed by atoms with E-state index in [2.05, 4.69) is 9.82 Å². The molecule has 1 atom stereocenters. The summed E-state index contributed by atoms with van der Waals surface area (Å²) >= 11 is 0. The summed E-state index contributed by atoms with van der Waals surface area (Å²) in [6, 6.07) is 15.8. The van der Waals surface area contributed by atoms with Gasteiger partial charge in [-0.1, -0.05) is 61.9 Å². The van der Waals surface area contributed by atoms with Gasteiger partial charge in [-0.15, -0.1) is 0 Å². The molecule has 0 saturated carbocycles. The van der Waals surface area contributed by atoms with Gasteiger partial charge in [0.25, 0.3) is 0 Å². The first-order valence-corrected chi connectivity index (χ1v) is 12.5. The van der Waals surface area contributed by atoms with Crippen molar-refractivity contribution in [1.29, 1.82) is 0 Å². The average Bonchev–Trinajstić information content (AvgIpc) is 3.19. The van der Waals surface area contributed by atoms with Crippen LogP contribution in [0.4, 0.5) is 0 Å². The van der Waals surface area contributed by atoms with Crippen molar-refractivity contribution < 1.29 is 13.2 Å². The van der Waals surface area contributed by atoms with Gasteiger partial charge in [0.1, 0.15) is 6.04 Å². The van der Waals surface area contributed by atoms with Crippen LogP contribution < -0.4 is 4.72 Å². The molecule has 0 radical (unpaired) electrons. The van der Waals surface area contributed by atoms with Crippen molar-refractivity contribution in [2.45, 2.75) is 51.2 Å². The number of carbonyl (C=O) groups is 1. The van der Waals surface area contributed by atoms with E-state index in [4.69, 9.17) is 0 Å². The van der Waals surface area contributed by atoms with Crippen LogP contribution in [-0.4, -0.2) is 42.1 Å². The van der Waals surface area contributed by atoms with Gasteiger partial charge in [0.2, 0.25) is 15.9 Å². The lowest BCUT2D eigenvalue weighted by molar-refractivity contribution is -0.132. The SMILES string of the molecule is Cc1ccc(S(=O)(=O)NC(CC(C)C)C(=O)N(C)Cc2cnn(Cc3ccccc3)c2)cc1. The Morgan fingerprint density at radius 1 is 1.06 bits per heavy atom. The smallest absolute Gasteiger partial charge is 0.241 e. The quantitative estimate of drug-likeness (QED) is 0.493. The Labute approximate surface area is 196 Å². The van der Waals surface area contributed by atoms with Gasteiger partial charge in [0.05, 0.1) is 17.6 Å². The Bertz CT molecular complexity index is 1160. The van der Waals surface area contributed by atoms with E-state index < -0.39 is 16.1 Å². The first kappa shape index (κ1) is 24.7. The van der Waals surface area contributed by atoms with Crippen molar-refractivity contribution in [3.63, 3.8) is 0 Å². The van der Waals surface area contributed by atoms with E-state index in [9.17, 15) is 13.2 Å². The number of amides is 1. The number of sulfonamides is 1. The lowest BCUT2D eigenvalue weighted by Crippen LogP contribution is -2.47. The number of carbonyl (C=O) groups excluding carboxylic acids is 1. The molecule has 1 aromatic heterocycles. The highest BCUT2D eigenvalue weighted by molar-refractivity contribution is 7.89. The third kappa shape index (κ3) is 7.00. The van der Waals surface area contributed by atoms with Crippen LogP contribution in [0, 0.1) is 12.8 Å². The molecule has 8 heteroatoms. The zero-order chi connectivity index (χ0) is 24.0. The second-order valence-electron chi connectivity index (χ2n) is 8.84. The van der Waals surface area contributed by atoms with E-state index in [0.717, 1.165) is 16.7 Å². The van der Waals surface area contributed by atoms with Crippen molar-refractivity contribution in [2.24, 2.45) is 5.92 Å². The van der Waals surface area contributed by atoms with Crippen LogP contribution >= 0.6 is 0 Å². The first-order valence-electron chi connectivity index (χ1n) is 11.0. The zero-order valence-corrected chi connectivity index (χ0v) is 20.4. The van der Waals surface area contributed by atoms with Crippen LogP contribution in [0.3, 0.4) is 0 Å². The Kier molecular flexibility index (Phi) is 8.05. The molecule has 1 heterocycles. The van der Waals surface area contributed by atoms with Crippen LogP contribution in [-0.2, 0) is 27.9 Å². The van der Waals surface area contributed by atoms with Crippen molar-refractivity contribution in [2.75, 3.05) is 7.05 Å². The maximum atomic E-state index is 13.2. The summed E-state index contributed by atoms with van der Waals surface area (Å²) in [4.78, 5) is 14.9. The molecule has 1 amide bonds. The second-order valence-corrected chi connectivity index (χ2v) is 10.6. The average molecular weight is 469 g/mol. The van der Waals surface area contributed by atoms with E-state index >= 15 is 0 Å². The van der Waals surface area contributed by atoms with Gasteiger partial charge >= 0.3 is 0 Å². The molecule has 0 bridgehead atoms. The van der Waals surface area contributed by atoms with Crippen LogP contribution in [0.15, 0.2) is 71.9 Å². The predicted molar refractivity (Wildman–Crippen MR) is 129 cm³/mol. The molecular weight excluding hydrogens is 436 g/mol. The number of rotatable bonds is 10. The van der Waals surface area contributed by atoms with E-state index in [-0.39, 0.29) is 16.7 Å². The minimum atomic E-state index is -3.82. The molecule has 2 aromatic carbocycles. The highest BCUT2D eigenvalue weighted by Crippen LogP contribution is 2.15. The number of nitrogens with one attached hydrogen (secondary N) is 1. The van der Waals surface area contributed by atoms with Crippen molar-refractivity contribution in [1.82, 2.24) is 19.4 Å². The topological polar surface area (TPSA) is 84.3 Å². The summed E-state index contributed by atoms with van der Waals surface area (Å²) in [7, 11) is -2.13. The standard InChI is InChI=1S/C25H32N4O3S/c1-19(2)14-24(27-33(31,32)23-12-10-20(3)11-13-23)25(30)28(4)16-22-15-26-29(18-22)17-21-8-6-5-7-9-21/h5-13,15,18-19,24,27H,14,16-17H2,1-4H3. The normalized spacial score (nSPS) is 12.6. The van der Waals surface area contributed by atoms with Gasteiger partial charge in [-0.2, -0.15) is 9.82 Å². The Morgan fingerprint density at radius 2 is 1.73 bits per heavy atom. The molecule has 33 heavy (non-hydrogen) atoms. The highest BCUT2D eigenvalue weighted by atomic mass is 32.2. The Hall–Kier alpha value is -2.97. The van der Waals surface area contributed by atoms with Crippen LogP contribution in [0.5, 0.6) is 0 Å². The summed E-state index contributed by atoms with van der Waals surface area (Å²) < 4.78 is 30.3. The number of aromatic nitrogens is 2. The first-order chi connectivity index (χ1) is 15.6. The lowest BCUT2D eigenvalue weighted by Gasteiger charge is -2.25. The lowest BCUT2D eigenvalue weighted by atomic mass is 10.0. The zero-order valence-electron chi connectivity index (χ0n) is 19.6. The minimum absolute atomic E-state index is 0.140. The van der Waals surface area contributed by atoms with Gasteiger partial charge in [-0.05, 0) is 37.0 Å². The molecule has 3 aromatic rings. The molecule has 0 fully saturated rings. The number of hydrogen-bond donors (Lipinski definition) is 1. The molecule has 1 unspecified atom stereocenters. The van der Waals surface area contributed by atoms with Crippen LogP contribution in [0.25, 0.3) is 0 Å². The fraction of sp³-hybridized carbons (Fsp3) is 0.360. The molecule has 1 N–H and O–H groups in total. The fourth-order valence-corrected chi connectivity index (χ4v) is 4.81. The van der Waals surface area contributed by atoms with Crippen molar-refractivity contribution >= 4 is 15.9 Å². The molecule has 176 valence electrons. The molecule has 7 nitrogen and oxygen atoms in total. The molecule has 0 spiro atoms. The number of benzene rings is 2. The number of nitrogens with zero attached hydrogens (tertiary/aromatic N) is 3.